The molecule has 0 amide bonds. The second-order valence-corrected chi connectivity index (χ2v) is 7.81. The molecule has 0 radical (unpaired) electrons. The number of rotatable bonds is 6. The van der Waals surface area contributed by atoms with Crippen molar-refractivity contribution in [2.75, 3.05) is 5.75 Å². The van der Waals surface area contributed by atoms with Gasteiger partial charge < -0.3 is 4.98 Å². The zero-order valence-electron chi connectivity index (χ0n) is 16.2. The molecule has 0 saturated carbocycles. The lowest BCUT2D eigenvalue weighted by Crippen LogP contribution is -2.24. The number of H-pyrrole nitrogens is 1. The number of fused-ring (bicyclic) bond motifs is 1. The molecule has 0 aliphatic rings. The van der Waals surface area contributed by atoms with Crippen LogP contribution in [-0.2, 0) is 6.54 Å². The number of hydrogen-bond acceptors (Lipinski definition) is 5. The second-order valence-electron chi connectivity index (χ2n) is 6.87. The van der Waals surface area contributed by atoms with E-state index >= 15 is 0 Å². The van der Waals surface area contributed by atoms with Gasteiger partial charge in [0.1, 0.15) is 0 Å². The zero-order chi connectivity index (χ0) is 20.4. The molecule has 29 heavy (non-hydrogen) atoms. The molecule has 3 heterocycles. The number of Topliss-reactive ketones (excluding diaryl/α,β-unsaturated/α-hetero) is 1. The van der Waals surface area contributed by atoms with Crippen molar-refractivity contribution in [3.63, 3.8) is 0 Å². The van der Waals surface area contributed by atoms with Crippen LogP contribution in [0.5, 0.6) is 0 Å². The summed E-state index contributed by atoms with van der Waals surface area (Å²) in [7, 11) is 0. The van der Waals surface area contributed by atoms with Crippen molar-refractivity contribution in [3.8, 4) is 0 Å². The molecular weight excluding hydrogens is 384 g/mol. The monoisotopic (exact) mass is 404 g/mol. The molecule has 0 bridgehead atoms. The molecule has 6 nitrogen and oxygen atoms in total. The van der Waals surface area contributed by atoms with Gasteiger partial charge in [-0.1, -0.05) is 30.0 Å². The number of thioether (sulfide) groups is 1. The Bertz CT molecular complexity index is 1240. The molecule has 4 rings (SSSR count). The van der Waals surface area contributed by atoms with Gasteiger partial charge in [0.05, 0.1) is 23.2 Å². The summed E-state index contributed by atoms with van der Waals surface area (Å²) < 4.78 is 1.62. The summed E-state index contributed by atoms with van der Waals surface area (Å²) in [5.41, 5.74) is 3.89. The highest BCUT2D eigenvalue weighted by molar-refractivity contribution is 7.99. The van der Waals surface area contributed by atoms with Crippen LogP contribution in [0.2, 0.25) is 0 Å². The Hall–Kier alpha value is -3.19. The smallest absolute Gasteiger partial charge is 0.262 e. The molecule has 1 N–H and O–H groups in total. The maximum atomic E-state index is 13.1. The van der Waals surface area contributed by atoms with Crippen molar-refractivity contribution < 1.29 is 4.79 Å². The Balaban J connectivity index is 1.70. The average Bonchev–Trinajstić information content (AvgIpc) is 3.07. The van der Waals surface area contributed by atoms with Crippen LogP contribution in [0.4, 0.5) is 0 Å². The van der Waals surface area contributed by atoms with Crippen molar-refractivity contribution in [1.82, 2.24) is 19.5 Å². The maximum absolute atomic E-state index is 13.1. The predicted molar refractivity (Wildman–Crippen MR) is 115 cm³/mol. The summed E-state index contributed by atoms with van der Waals surface area (Å²) >= 11 is 1.28. The molecule has 0 aliphatic heterocycles. The molecular formula is C22H20N4O2S. The molecule has 0 fully saturated rings. The van der Waals surface area contributed by atoms with E-state index in [9.17, 15) is 9.59 Å². The van der Waals surface area contributed by atoms with Gasteiger partial charge in [-0.2, -0.15) is 0 Å². The lowest BCUT2D eigenvalue weighted by atomic mass is 10.2. The first-order valence-electron chi connectivity index (χ1n) is 9.23. The fourth-order valence-electron chi connectivity index (χ4n) is 3.29. The highest BCUT2D eigenvalue weighted by atomic mass is 32.2. The molecule has 0 aliphatic carbocycles. The minimum absolute atomic E-state index is 0.00665. The van der Waals surface area contributed by atoms with Crippen LogP contribution in [0.15, 0.2) is 64.8 Å². The SMILES string of the molecule is Cc1cc(C(=O)CSc2nc3ccccc3c(=O)n2Cc2cccnc2)c(C)[nH]1. The molecule has 0 saturated heterocycles. The number of nitrogens with one attached hydrogen (secondary N) is 1. The van der Waals surface area contributed by atoms with Gasteiger partial charge in [-0.15, -0.1) is 0 Å². The van der Waals surface area contributed by atoms with Crippen LogP contribution >= 0.6 is 11.8 Å². The maximum Gasteiger partial charge on any atom is 0.262 e. The van der Waals surface area contributed by atoms with Gasteiger partial charge in [-0.05, 0) is 43.7 Å². The summed E-state index contributed by atoms with van der Waals surface area (Å²) in [6.07, 6.45) is 3.42. The Labute approximate surface area is 172 Å². The quantitative estimate of drug-likeness (QED) is 0.301. The topological polar surface area (TPSA) is 80.6 Å². The normalized spacial score (nSPS) is 11.1. The Kier molecular flexibility index (Phi) is 5.31. The van der Waals surface area contributed by atoms with Crippen molar-refractivity contribution in [2.24, 2.45) is 0 Å². The van der Waals surface area contributed by atoms with Crippen LogP contribution in [0.3, 0.4) is 0 Å². The fourth-order valence-corrected chi connectivity index (χ4v) is 4.17. The first-order valence-corrected chi connectivity index (χ1v) is 10.2. The third-order valence-electron chi connectivity index (χ3n) is 4.67. The number of aromatic amines is 1. The van der Waals surface area contributed by atoms with E-state index in [1.807, 2.05) is 50.2 Å². The average molecular weight is 404 g/mol. The molecule has 146 valence electrons. The number of hydrogen-bond donors (Lipinski definition) is 1. The van der Waals surface area contributed by atoms with E-state index in [-0.39, 0.29) is 17.1 Å². The standard InChI is InChI=1S/C22H20N4O2S/c1-14-10-18(15(2)24-14)20(27)13-29-22-25-19-8-4-3-7-17(19)21(28)26(22)12-16-6-5-9-23-11-16/h3-11,24H,12-13H2,1-2H3. The minimum atomic E-state index is -0.122. The largest absolute Gasteiger partial charge is 0.362 e. The molecule has 7 heteroatoms. The lowest BCUT2D eigenvalue weighted by Gasteiger charge is -2.13. The number of carbonyl (C=O) groups excluding carboxylic acids is 1. The third-order valence-corrected chi connectivity index (χ3v) is 5.65. The highest BCUT2D eigenvalue weighted by Gasteiger charge is 2.16. The Morgan fingerprint density at radius 2 is 2.00 bits per heavy atom. The number of aromatic nitrogens is 4. The van der Waals surface area contributed by atoms with Crippen LogP contribution in [0, 0.1) is 13.8 Å². The van der Waals surface area contributed by atoms with Gasteiger partial charge in [0.2, 0.25) is 0 Å². The van der Waals surface area contributed by atoms with Crippen molar-refractivity contribution in [3.05, 3.63) is 87.7 Å². The molecule has 0 unspecified atom stereocenters. The number of aryl methyl sites for hydroxylation is 2. The van der Waals surface area contributed by atoms with Gasteiger partial charge in [0.25, 0.3) is 5.56 Å². The number of ketones is 1. The number of nitrogens with zero attached hydrogens (tertiary/aromatic N) is 3. The summed E-state index contributed by atoms with van der Waals surface area (Å²) in [4.78, 5) is 37.8. The first kappa shape index (κ1) is 19.1. The van der Waals surface area contributed by atoms with Gasteiger partial charge in [0.15, 0.2) is 10.9 Å². The van der Waals surface area contributed by atoms with E-state index in [2.05, 4.69) is 15.0 Å². The molecule has 4 aromatic rings. The number of benzene rings is 1. The highest BCUT2D eigenvalue weighted by Crippen LogP contribution is 2.21. The lowest BCUT2D eigenvalue weighted by molar-refractivity contribution is 0.102. The number of carbonyl (C=O) groups is 1. The second kappa shape index (κ2) is 8.05. The first-order chi connectivity index (χ1) is 14.0. The molecule has 3 aromatic heterocycles. The Morgan fingerprint density at radius 1 is 1.17 bits per heavy atom. The number of para-hydroxylation sites is 1. The summed E-state index contributed by atoms with van der Waals surface area (Å²) in [5.74, 6) is 0.211. The van der Waals surface area contributed by atoms with Crippen LogP contribution in [0.1, 0.15) is 27.3 Å². The van der Waals surface area contributed by atoms with E-state index in [4.69, 9.17) is 0 Å². The van der Waals surface area contributed by atoms with E-state index in [1.165, 1.54) is 11.8 Å². The molecule has 1 aromatic carbocycles. The summed E-state index contributed by atoms with van der Waals surface area (Å²) in [5, 5.41) is 1.08. The van der Waals surface area contributed by atoms with Crippen LogP contribution < -0.4 is 5.56 Å². The number of pyridine rings is 1. The van der Waals surface area contributed by atoms with Crippen molar-refractivity contribution in [1.29, 1.82) is 0 Å². The van der Waals surface area contributed by atoms with E-state index in [0.29, 0.717) is 28.2 Å². The van der Waals surface area contributed by atoms with Crippen molar-refractivity contribution >= 4 is 28.4 Å². The van der Waals surface area contributed by atoms with Crippen LogP contribution in [-0.4, -0.2) is 31.1 Å². The Morgan fingerprint density at radius 3 is 2.72 bits per heavy atom. The minimum Gasteiger partial charge on any atom is -0.362 e. The fraction of sp³-hybridized carbons (Fsp3) is 0.182. The van der Waals surface area contributed by atoms with E-state index in [1.54, 1.807) is 23.0 Å². The summed E-state index contributed by atoms with van der Waals surface area (Å²) in [6.45, 7) is 4.16. The van der Waals surface area contributed by atoms with Gasteiger partial charge in [0, 0.05) is 29.3 Å². The molecule has 0 atom stereocenters. The van der Waals surface area contributed by atoms with Crippen molar-refractivity contribution in [2.45, 2.75) is 25.5 Å². The van der Waals surface area contributed by atoms with Gasteiger partial charge >= 0.3 is 0 Å². The summed E-state index contributed by atoms with van der Waals surface area (Å²) in [6, 6.07) is 12.9. The third kappa shape index (κ3) is 4.00. The van der Waals surface area contributed by atoms with Gasteiger partial charge in [-0.3, -0.25) is 19.1 Å². The van der Waals surface area contributed by atoms with Gasteiger partial charge in [-0.25, -0.2) is 4.98 Å². The predicted octanol–water partition coefficient (Wildman–Crippen LogP) is 3.76. The zero-order valence-corrected chi connectivity index (χ0v) is 17.0. The van der Waals surface area contributed by atoms with E-state index < -0.39 is 0 Å². The van der Waals surface area contributed by atoms with E-state index in [0.717, 1.165) is 17.0 Å². The van der Waals surface area contributed by atoms with Crippen LogP contribution in [0.25, 0.3) is 10.9 Å². The molecule has 0 spiro atoms.